The van der Waals surface area contributed by atoms with E-state index in [9.17, 15) is 16.8 Å². The third kappa shape index (κ3) is 18.6. The maximum atomic E-state index is 9.69. The topological polar surface area (TPSA) is 109 Å². The first-order chi connectivity index (χ1) is 3.71. The molecule has 64 valence electrons. The Labute approximate surface area is 98.9 Å². The fourth-order valence-electron chi connectivity index (χ4n) is 0.109. The number of hydrogen-bond donors (Lipinski definition) is 2. The summed E-state index contributed by atoms with van der Waals surface area (Å²) >= 11 is -2.19. The molecule has 0 bridgehead atoms. The minimum Gasteiger partial charge on any atom is 0 e. The van der Waals surface area contributed by atoms with Crippen LogP contribution in [-0.4, -0.2) is 55.7 Å². The average molecular weight is 432 g/mol. The predicted molar refractivity (Wildman–Crippen MR) is 34.6 cm³/mol. The van der Waals surface area contributed by atoms with Crippen molar-refractivity contribution in [2.75, 3.05) is 0 Å². The van der Waals surface area contributed by atoms with E-state index in [4.69, 9.17) is 9.11 Å². The van der Waals surface area contributed by atoms with E-state index >= 15 is 0 Å². The largest absolute Gasteiger partial charge is 0 e. The smallest absolute Gasteiger partial charge is 0 e. The summed E-state index contributed by atoms with van der Waals surface area (Å²) < 4.78 is 54.4. The summed E-state index contributed by atoms with van der Waals surface area (Å²) in [6.07, 6.45) is 0. The van der Waals surface area contributed by atoms with E-state index in [2.05, 4.69) is 0 Å². The van der Waals surface area contributed by atoms with Gasteiger partial charge in [0.05, 0.1) is 0 Å². The Kier molecular flexibility index (Phi) is 10.6. The molecule has 0 amide bonds. The molecule has 0 aliphatic carbocycles. The Bertz CT molecular complexity index is 244. The van der Waals surface area contributed by atoms with E-state index in [1.54, 1.807) is 0 Å². The molecule has 0 heterocycles. The van der Waals surface area contributed by atoms with Gasteiger partial charge in [0.25, 0.3) is 0 Å². The summed E-state index contributed by atoms with van der Waals surface area (Å²) in [5.74, 6) is 0. The maximum Gasteiger partial charge on any atom is 0 e. The first-order valence-corrected chi connectivity index (χ1v) is 8.29. The van der Waals surface area contributed by atoms with Crippen molar-refractivity contribution in [3.8, 4) is 0 Å². The molecule has 11 heavy (non-hydrogen) atoms. The summed E-state index contributed by atoms with van der Waals surface area (Å²) in [6, 6.07) is 0. The quantitative estimate of drug-likeness (QED) is 0.383. The van der Waals surface area contributed by atoms with Crippen LogP contribution in [0.15, 0.2) is 0 Å². The van der Waals surface area contributed by atoms with Gasteiger partial charge in [-0.05, 0) is 0 Å². The monoisotopic (exact) mass is 436 g/mol. The summed E-state index contributed by atoms with van der Waals surface area (Å²) in [6.45, 7) is 0. The molecule has 2 N–H and O–H groups in total. The standard InChI is InChI=1S/Cd.H2O6S2Se.Se/c;1-7(2,3)9-8(4,5)6;/h;(H,1,2,3)(H,4,5,6);. The van der Waals surface area contributed by atoms with Gasteiger partial charge < -0.3 is 0 Å². The molecule has 0 saturated heterocycles. The molecule has 0 aromatic carbocycles. The summed E-state index contributed by atoms with van der Waals surface area (Å²) in [5.41, 5.74) is 0. The molecular formula is H2CdO6S2Se2. The van der Waals surface area contributed by atoms with E-state index in [1.807, 2.05) is 0 Å². The van der Waals surface area contributed by atoms with Gasteiger partial charge in [-0.15, -0.1) is 0 Å². The van der Waals surface area contributed by atoms with Crippen molar-refractivity contribution < 1.29 is 53.2 Å². The van der Waals surface area contributed by atoms with Gasteiger partial charge in [-0.25, -0.2) is 0 Å². The van der Waals surface area contributed by atoms with E-state index in [0.717, 1.165) is 0 Å². The van der Waals surface area contributed by atoms with Crippen molar-refractivity contribution in [3.63, 3.8) is 0 Å². The van der Waals surface area contributed by atoms with Crippen LogP contribution in [0.2, 0.25) is 0 Å². The molecule has 0 spiro atoms. The SMILES string of the molecule is O=S(=O)(O)[Se]S(=O)(=O)O.[Cd].[Se]. The molecule has 0 fully saturated rings. The van der Waals surface area contributed by atoms with E-state index in [1.165, 1.54) is 0 Å². The number of hydrogen-bond acceptors (Lipinski definition) is 4. The fraction of sp³-hybridized carbons (Fsp3) is 0. The van der Waals surface area contributed by atoms with Crippen LogP contribution in [0.25, 0.3) is 0 Å². The Hall–Kier alpha value is 1.78. The van der Waals surface area contributed by atoms with Gasteiger partial charge in [-0.1, -0.05) is 0 Å². The van der Waals surface area contributed by atoms with Crippen molar-refractivity contribution in [3.05, 3.63) is 0 Å². The van der Waals surface area contributed by atoms with Crippen LogP contribution in [0.4, 0.5) is 0 Å². The van der Waals surface area contributed by atoms with Gasteiger partial charge >= 0.3 is 55.7 Å². The first-order valence-electron chi connectivity index (χ1n) is 1.37. The van der Waals surface area contributed by atoms with Gasteiger partial charge in [-0.3, -0.25) is 0 Å². The molecule has 2 radical (unpaired) electrons. The summed E-state index contributed by atoms with van der Waals surface area (Å²) in [7, 11) is -9.11. The fourth-order valence-corrected chi connectivity index (χ4v) is 5.08. The van der Waals surface area contributed by atoms with Crippen molar-refractivity contribution in [1.82, 2.24) is 0 Å². The second kappa shape index (κ2) is 6.27. The van der Waals surface area contributed by atoms with Crippen LogP contribution in [0.5, 0.6) is 0 Å². The first kappa shape index (κ1) is 18.5. The normalized spacial score (nSPS) is 11.1. The van der Waals surface area contributed by atoms with Gasteiger partial charge in [-0.2, -0.15) is 0 Å². The molecule has 0 unspecified atom stereocenters. The molecule has 0 saturated carbocycles. The molecule has 0 aliphatic heterocycles. The van der Waals surface area contributed by atoms with E-state index in [0.29, 0.717) is 0 Å². The minimum absolute atomic E-state index is 0. The second-order valence-electron chi connectivity index (χ2n) is 0.924. The molecule has 6 nitrogen and oxygen atoms in total. The predicted octanol–water partition coefficient (Wildman–Crippen LogP) is -2.09. The molecular weight excluding hydrogens is 430 g/mol. The van der Waals surface area contributed by atoms with Crippen LogP contribution in [0.1, 0.15) is 0 Å². The Morgan fingerprint density at radius 3 is 1.09 bits per heavy atom. The van der Waals surface area contributed by atoms with Gasteiger partial charge in [0.2, 0.25) is 0 Å². The second-order valence-corrected chi connectivity index (χ2v) is 11.1. The summed E-state index contributed by atoms with van der Waals surface area (Å²) in [4.78, 5) is 0. The third-order valence-corrected chi connectivity index (χ3v) is 8.04. The zero-order valence-corrected chi connectivity index (χ0v) is 14.0. The van der Waals surface area contributed by atoms with E-state index in [-0.39, 0.29) is 44.4 Å². The zero-order chi connectivity index (χ0) is 7.71. The Morgan fingerprint density at radius 1 is 0.909 bits per heavy atom. The number of rotatable bonds is 2. The van der Waals surface area contributed by atoms with Crippen LogP contribution < -0.4 is 0 Å². The van der Waals surface area contributed by atoms with Gasteiger partial charge in [0.15, 0.2) is 0 Å². The maximum absolute atomic E-state index is 9.69. The van der Waals surface area contributed by atoms with Crippen LogP contribution in [-0.2, 0) is 44.4 Å². The molecule has 0 aromatic heterocycles. The third-order valence-electron chi connectivity index (χ3n) is 0.172. The Morgan fingerprint density at radius 2 is 1.09 bits per heavy atom. The van der Waals surface area contributed by atoms with Crippen molar-refractivity contribution in [2.45, 2.75) is 0 Å². The molecule has 0 aliphatic rings. The molecule has 0 atom stereocenters. The van der Waals surface area contributed by atoms with Gasteiger partial charge in [0.1, 0.15) is 0 Å². The van der Waals surface area contributed by atoms with Crippen LogP contribution in [0, 0.1) is 0 Å². The summed E-state index contributed by atoms with van der Waals surface area (Å²) in [5, 5.41) is 0. The van der Waals surface area contributed by atoms with Crippen molar-refractivity contribution in [1.29, 1.82) is 0 Å². The van der Waals surface area contributed by atoms with Crippen molar-refractivity contribution in [2.24, 2.45) is 0 Å². The molecule has 11 heteroatoms. The zero-order valence-electron chi connectivity index (χ0n) is 4.87. The van der Waals surface area contributed by atoms with Crippen LogP contribution >= 0.6 is 0 Å². The van der Waals surface area contributed by atoms with Crippen molar-refractivity contribution >= 4 is 46.9 Å². The molecule has 0 rings (SSSR count). The van der Waals surface area contributed by atoms with Crippen LogP contribution in [0.3, 0.4) is 0 Å². The van der Waals surface area contributed by atoms with Gasteiger partial charge in [0, 0.05) is 44.4 Å². The Balaban J connectivity index is -0.000000320. The minimum atomic E-state index is -4.56. The van der Waals surface area contributed by atoms with E-state index < -0.39 is 29.8 Å². The molecule has 0 aromatic rings. The average Bonchev–Trinajstić information content (AvgIpc) is 1.14.